The Morgan fingerprint density at radius 1 is 1.41 bits per heavy atom. The molecule has 0 bridgehead atoms. The first-order valence-electron chi connectivity index (χ1n) is 5.37. The van der Waals surface area contributed by atoms with Crippen LogP contribution < -0.4 is 0 Å². The summed E-state index contributed by atoms with van der Waals surface area (Å²) >= 11 is 0. The zero-order chi connectivity index (χ0) is 12.9. The SMILES string of the molecule is C/C=C(\C(C)CC#N)S(=O)(=O)c1ccccc1. The van der Waals surface area contributed by atoms with E-state index in [1.807, 2.05) is 6.07 Å². The van der Waals surface area contributed by atoms with Gasteiger partial charge in [0.2, 0.25) is 9.84 Å². The molecule has 0 saturated carbocycles. The van der Waals surface area contributed by atoms with Crippen LogP contribution in [-0.4, -0.2) is 8.42 Å². The summed E-state index contributed by atoms with van der Waals surface area (Å²) in [4.78, 5) is 0.586. The van der Waals surface area contributed by atoms with Gasteiger partial charge in [-0.05, 0) is 19.1 Å². The summed E-state index contributed by atoms with van der Waals surface area (Å²) in [5.41, 5.74) is 0. The van der Waals surface area contributed by atoms with Crippen LogP contribution in [0, 0.1) is 17.2 Å². The van der Waals surface area contributed by atoms with Gasteiger partial charge < -0.3 is 0 Å². The van der Waals surface area contributed by atoms with Crippen LogP contribution in [-0.2, 0) is 9.84 Å². The van der Waals surface area contributed by atoms with Gasteiger partial charge >= 0.3 is 0 Å². The third kappa shape index (κ3) is 2.95. The van der Waals surface area contributed by atoms with Crippen LogP contribution in [0.4, 0.5) is 0 Å². The summed E-state index contributed by atoms with van der Waals surface area (Å²) < 4.78 is 24.6. The first-order valence-corrected chi connectivity index (χ1v) is 6.85. The molecule has 1 atom stereocenters. The van der Waals surface area contributed by atoms with Gasteiger partial charge in [0.1, 0.15) is 0 Å². The quantitative estimate of drug-likeness (QED) is 0.824. The fourth-order valence-corrected chi connectivity index (χ4v) is 3.39. The Balaban J connectivity index is 3.19. The second kappa shape index (κ2) is 5.65. The van der Waals surface area contributed by atoms with E-state index in [2.05, 4.69) is 0 Å². The lowest BCUT2D eigenvalue weighted by Crippen LogP contribution is -2.11. The van der Waals surface area contributed by atoms with Crippen LogP contribution in [0.5, 0.6) is 0 Å². The van der Waals surface area contributed by atoms with Crippen molar-refractivity contribution in [3.63, 3.8) is 0 Å². The molecule has 90 valence electrons. The molecule has 17 heavy (non-hydrogen) atoms. The topological polar surface area (TPSA) is 57.9 Å². The van der Waals surface area contributed by atoms with Crippen LogP contribution in [0.15, 0.2) is 46.2 Å². The summed E-state index contributed by atoms with van der Waals surface area (Å²) in [6.07, 6.45) is 1.77. The molecule has 1 rings (SSSR count). The van der Waals surface area contributed by atoms with E-state index in [1.54, 1.807) is 50.3 Å². The second-order valence-electron chi connectivity index (χ2n) is 3.77. The van der Waals surface area contributed by atoms with E-state index in [0.717, 1.165) is 0 Å². The smallest absolute Gasteiger partial charge is 0.202 e. The predicted molar refractivity (Wildman–Crippen MR) is 66.8 cm³/mol. The van der Waals surface area contributed by atoms with Gasteiger partial charge in [-0.3, -0.25) is 0 Å². The van der Waals surface area contributed by atoms with Gasteiger partial charge in [-0.25, -0.2) is 8.42 Å². The Kier molecular flexibility index (Phi) is 4.47. The molecule has 0 radical (unpaired) electrons. The molecule has 0 spiro atoms. The lowest BCUT2D eigenvalue weighted by atomic mass is 10.1. The number of nitriles is 1. The third-order valence-electron chi connectivity index (χ3n) is 2.53. The predicted octanol–water partition coefficient (Wildman–Crippen LogP) is 2.91. The van der Waals surface area contributed by atoms with Crippen molar-refractivity contribution in [2.45, 2.75) is 25.2 Å². The molecule has 1 aromatic rings. The molecule has 1 unspecified atom stereocenters. The van der Waals surface area contributed by atoms with E-state index in [-0.39, 0.29) is 17.2 Å². The summed E-state index contributed by atoms with van der Waals surface area (Å²) in [5.74, 6) is -0.282. The molecular weight excluding hydrogens is 234 g/mol. The number of rotatable bonds is 4. The minimum atomic E-state index is -3.46. The van der Waals surface area contributed by atoms with E-state index < -0.39 is 9.84 Å². The minimum Gasteiger partial charge on any atom is -0.219 e. The molecule has 0 saturated heterocycles. The number of benzene rings is 1. The average Bonchev–Trinajstić information content (AvgIpc) is 2.31. The van der Waals surface area contributed by atoms with E-state index in [9.17, 15) is 8.42 Å². The van der Waals surface area contributed by atoms with Crippen LogP contribution in [0.25, 0.3) is 0 Å². The molecule has 0 aliphatic heterocycles. The fraction of sp³-hybridized carbons (Fsp3) is 0.308. The van der Waals surface area contributed by atoms with Crippen molar-refractivity contribution in [2.75, 3.05) is 0 Å². The second-order valence-corrected chi connectivity index (χ2v) is 5.72. The Hall–Kier alpha value is -1.60. The maximum atomic E-state index is 12.3. The van der Waals surface area contributed by atoms with Gasteiger partial charge in [-0.2, -0.15) is 5.26 Å². The van der Waals surface area contributed by atoms with Gasteiger partial charge in [0.25, 0.3) is 0 Å². The molecule has 3 nitrogen and oxygen atoms in total. The van der Waals surface area contributed by atoms with Crippen molar-refractivity contribution < 1.29 is 8.42 Å². The van der Waals surface area contributed by atoms with Crippen LogP contribution >= 0.6 is 0 Å². The van der Waals surface area contributed by atoms with Crippen molar-refractivity contribution in [2.24, 2.45) is 5.92 Å². The van der Waals surface area contributed by atoms with Crippen LogP contribution in [0.1, 0.15) is 20.3 Å². The molecule has 4 heteroatoms. The Labute approximate surface area is 102 Å². The number of sulfone groups is 1. The van der Waals surface area contributed by atoms with Crippen LogP contribution in [0.2, 0.25) is 0 Å². The number of hydrogen-bond donors (Lipinski definition) is 0. The highest BCUT2D eigenvalue weighted by Gasteiger charge is 2.24. The fourth-order valence-electron chi connectivity index (χ4n) is 1.68. The standard InChI is InChI=1S/C13H15NO2S/c1-3-13(11(2)9-10-14)17(15,16)12-7-5-4-6-8-12/h3-8,11H,9H2,1-2H3/b13-3+. The molecule has 0 fully saturated rings. The van der Waals surface area contributed by atoms with Crippen molar-refractivity contribution in [3.05, 3.63) is 41.3 Å². The molecule has 0 heterocycles. The summed E-state index contributed by atoms with van der Waals surface area (Å²) in [7, 11) is -3.46. The molecular formula is C13H15NO2S. The summed E-state index contributed by atoms with van der Waals surface area (Å²) in [6.45, 7) is 3.43. The zero-order valence-corrected chi connectivity index (χ0v) is 10.7. The zero-order valence-electron chi connectivity index (χ0n) is 9.92. The summed E-state index contributed by atoms with van der Waals surface area (Å²) in [5, 5.41) is 8.65. The third-order valence-corrected chi connectivity index (χ3v) is 4.68. The number of hydrogen-bond acceptors (Lipinski definition) is 3. The molecule has 0 N–H and O–H groups in total. The Morgan fingerprint density at radius 3 is 2.47 bits per heavy atom. The first kappa shape index (κ1) is 13.5. The van der Waals surface area contributed by atoms with Crippen molar-refractivity contribution >= 4 is 9.84 Å². The van der Waals surface area contributed by atoms with E-state index in [0.29, 0.717) is 4.91 Å². The largest absolute Gasteiger partial charge is 0.219 e. The van der Waals surface area contributed by atoms with E-state index in [4.69, 9.17) is 5.26 Å². The van der Waals surface area contributed by atoms with Crippen LogP contribution in [0.3, 0.4) is 0 Å². The lowest BCUT2D eigenvalue weighted by Gasteiger charge is -2.13. The van der Waals surface area contributed by atoms with E-state index >= 15 is 0 Å². The first-order chi connectivity index (χ1) is 8.04. The van der Waals surface area contributed by atoms with Gasteiger partial charge in [0, 0.05) is 17.2 Å². The average molecular weight is 249 g/mol. The van der Waals surface area contributed by atoms with Crippen molar-refractivity contribution in [1.29, 1.82) is 5.26 Å². The highest BCUT2D eigenvalue weighted by Crippen LogP contribution is 2.26. The maximum absolute atomic E-state index is 12.3. The molecule has 0 aliphatic rings. The number of allylic oxidation sites excluding steroid dienone is 2. The highest BCUT2D eigenvalue weighted by molar-refractivity contribution is 7.95. The minimum absolute atomic E-state index is 0.200. The molecule has 0 aliphatic carbocycles. The Bertz CT molecular complexity index is 539. The maximum Gasteiger partial charge on any atom is 0.202 e. The van der Waals surface area contributed by atoms with Crippen molar-refractivity contribution in [1.82, 2.24) is 0 Å². The lowest BCUT2D eigenvalue weighted by molar-refractivity contribution is 0.591. The van der Waals surface area contributed by atoms with Gasteiger partial charge in [-0.15, -0.1) is 0 Å². The van der Waals surface area contributed by atoms with Gasteiger partial charge in [0.15, 0.2) is 0 Å². The van der Waals surface area contributed by atoms with Gasteiger partial charge in [-0.1, -0.05) is 31.2 Å². The molecule has 0 amide bonds. The Morgan fingerprint density at radius 2 is 2.00 bits per heavy atom. The summed E-state index contributed by atoms with van der Waals surface area (Å²) in [6, 6.07) is 10.3. The van der Waals surface area contributed by atoms with Gasteiger partial charge in [0.05, 0.1) is 11.0 Å². The number of nitrogens with zero attached hydrogens (tertiary/aromatic N) is 1. The van der Waals surface area contributed by atoms with Crippen molar-refractivity contribution in [3.8, 4) is 6.07 Å². The highest BCUT2D eigenvalue weighted by atomic mass is 32.2. The molecule has 0 aromatic heterocycles. The molecule has 1 aromatic carbocycles. The van der Waals surface area contributed by atoms with E-state index in [1.165, 1.54) is 0 Å². The normalized spacial score (nSPS) is 14.1. The monoisotopic (exact) mass is 249 g/mol.